The van der Waals surface area contributed by atoms with Crippen LogP contribution in [0.15, 0.2) is 0 Å². The second kappa shape index (κ2) is 4.73. The van der Waals surface area contributed by atoms with Crippen LogP contribution >= 0.6 is 0 Å². The Labute approximate surface area is 70.0 Å². The molecule has 2 heteroatoms. The number of nitrogens with zero attached hydrogens (tertiary/aromatic N) is 1. The lowest BCUT2D eigenvalue weighted by Gasteiger charge is -2.34. The average molecular weight is 156 g/mol. The number of hydrogen-bond donors (Lipinski definition) is 1. The molecule has 0 aliphatic heterocycles. The zero-order valence-corrected chi connectivity index (χ0v) is 7.77. The molecule has 1 N–H and O–H groups in total. The Morgan fingerprint density at radius 1 is 1.45 bits per heavy atom. The van der Waals surface area contributed by atoms with E-state index in [0.29, 0.717) is 0 Å². The summed E-state index contributed by atoms with van der Waals surface area (Å²) in [6, 6.07) is 0.909. The molecule has 11 heavy (non-hydrogen) atoms. The molecular weight excluding hydrogens is 136 g/mol. The summed E-state index contributed by atoms with van der Waals surface area (Å²) < 4.78 is 0. The number of hydrogen-bond acceptors (Lipinski definition) is 2. The molecule has 0 spiro atoms. The third kappa shape index (κ3) is 2.80. The van der Waals surface area contributed by atoms with E-state index in [4.69, 9.17) is 0 Å². The van der Waals surface area contributed by atoms with Crippen LogP contribution in [0, 0.1) is 0 Å². The highest BCUT2D eigenvalue weighted by Crippen LogP contribution is 2.23. The molecule has 1 aliphatic rings. The maximum atomic E-state index is 3.17. The van der Waals surface area contributed by atoms with Gasteiger partial charge in [0.1, 0.15) is 0 Å². The lowest BCUT2D eigenvalue weighted by atomic mass is 9.92. The van der Waals surface area contributed by atoms with Crippen LogP contribution in [0.1, 0.15) is 25.7 Å². The summed E-state index contributed by atoms with van der Waals surface area (Å²) in [5.41, 5.74) is 0. The quantitative estimate of drug-likeness (QED) is 0.599. The standard InChI is InChI=1S/C9H20N2/c1-10-7-4-8-11(2)9-5-3-6-9/h9-10H,3-8H2,1-2H3. The summed E-state index contributed by atoms with van der Waals surface area (Å²) >= 11 is 0. The highest BCUT2D eigenvalue weighted by Gasteiger charge is 2.20. The summed E-state index contributed by atoms with van der Waals surface area (Å²) in [6.07, 6.45) is 5.58. The van der Waals surface area contributed by atoms with Crippen LogP contribution in [0.25, 0.3) is 0 Å². The van der Waals surface area contributed by atoms with Gasteiger partial charge in [-0.25, -0.2) is 0 Å². The molecule has 0 aromatic heterocycles. The normalized spacial score (nSPS) is 18.8. The predicted molar refractivity (Wildman–Crippen MR) is 48.8 cm³/mol. The SMILES string of the molecule is CNCCCN(C)C1CCC1. The highest BCUT2D eigenvalue weighted by molar-refractivity contribution is 4.77. The maximum absolute atomic E-state index is 3.17. The fourth-order valence-corrected chi connectivity index (χ4v) is 1.52. The van der Waals surface area contributed by atoms with Crippen LogP contribution in [0.3, 0.4) is 0 Å². The molecule has 0 saturated heterocycles. The molecule has 0 aromatic rings. The van der Waals surface area contributed by atoms with Gasteiger partial charge in [-0.1, -0.05) is 6.42 Å². The van der Waals surface area contributed by atoms with Gasteiger partial charge in [0, 0.05) is 6.04 Å². The van der Waals surface area contributed by atoms with E-state index in [1.54, 1.807) is 0 Å². The van der Waals surface area contributed by atoms with Gasteiger partial charge in [-0.15, -0.1) is 0 Å². The summed E-state index contributed by atoms with van der Waals surface area (Å²) in [7, 11) is 4.27. The summed E-state index contributed by atoms with van der Waals surface area (Å²) in [5.74, 6) is 0. The zero-order valence-electron chi connectivity index (χ0n) is 7.77. The Morgan fingerprint density at radius 3 is 2.64 bits per heavy atom. The Morgan fingerprint density at radius 2 is 2.18 bits per heavy atom. The maximum Gasteiger partial charge on any atom is 0.00922 e. The van der Waals surface area contributed by atoms with Crippen LogP contribution in [-0.4, -0.2) is 38.1 Å². The van der Waals surface area contributed by atoms with E-state index in [-0.39, 0.29) is 0 Å². The van der Waals surface area contributed by atoms with E-state index in [9.17, 15) is 0 Å². The monoisotopic (exact) mass is 156 g/mol. The first-order chi connectivity index (χ1) is 5.34. The Bertz CT molecular complexity index is 99.7. The van der Waals surface area contributed by atoms with Crippen molar-refractivity contribution in [2.45, 2.75) is 31.7 Å². The van der Waals surface area contributed by atoms with Crippen molar-refractivity contribution in [1.29, 1.82) is 0 Å². The molecule has 1 aliphatic carbocycles. The lowest BCUT2D eigenvalue weighted by molar-refractivity contribution is 0.158. The van der Waals surface area contributed by atoms with E-state index in [2.05, 4.69) is 17.3 Å². The minimum absolute atomic E-state index is 0.909. The van der Waals surface area contributed by atoms with Gasteiger partial charge in [-0.3, -0.25) is 0 Å². The van der Waals surface area contributed by atoms with Crippen LogP contribution in [-0.2, 0) is 0 Å². The summed E-state index contributed by atoms with van der Waals surface area (Å²) in [6.45, 7) is 2.41. The molecular formula is C9H20N2. The fourth-order valence-electron chi connectivity index (χ4n) is 1.52. The largest absolute Gasteiger partial charge is 0.320 e. The van der Waals surface area contributed by atoms with Gasteiger partial charge in [0.15, 0.2) is 0 Å². The van der Waals surface area contributed by atoms with E-state index in [1.165, 1.54) is 32.2 Å². The van der Waals surface area contributed by atoms with Gasteiger partial charge in [-0.05, 0) is 46.4 Å². The number of nitrogens with one attached hydrogen (secondary N) is 1. The lowest BCUT2D eigenvalue weighted by Crippen LogP contribution is -2.38. The van der Waals surface area contributed by atoms with Gasteiger partial charge >= 0.3 is 0 Å². The van der Waals surface area contributed by atoms with Crippen LogP contribution in [0.4, 0.5) is 0 Å². The van der Waals surface area contributed by atoms with Crippen LogP contribution in [0.2, 0.25) is 0 Å². The predicted octanol–water partition coefficient (Wildman–Crippen LogP) is 1.08. The van der Waals surface area contributed by atoms with Crippen LogP contribution in [0.5, 0.6) is 0 Å². The van der Waals surface area contributed by atoms with Crippen molar-refractivity contribution >= 4 is 0 Å². The third-order valence-corrected chi connectivity index (χ3v) is 2.64. The van der Waals surface area contributed by atoms with Crippen molar-refractivity contribution in [3.05, 3.63) is 0 Å². The fraction of sp³-hybridized carbons (Fsp3) is 1.00. The zero-order chi connectivity index (χ0) is 8.10. The Kier molecular flexibility index (Phi) is 3.87. The summed E-state index contributed by atoms with van der Waals surface area (Å²) in [4.78, 5) is 2.50. The van der Waals surface area contributed by atoms with Crippen molar-refractivity contribution in [3.63, 3.8) is 0 Å². The Hall–Kier alpha value is -0.0800. The minimum Gasteiger partial charge on any atom is -0.320 e. The molecule has 1 rings (SSSR count). The topological polar surface area (TPSA) is 15.3 Å². The van der Waals surface area contributed by atoms with Crippen molar-refractivity contribution in [1.82, 2.24) is 10.2 Å². The van der Waals surface area contributed by atoms with E-state index < -0.39 is 0 Å². The van der Waals surface area contributed by atoms with E-state index in [0.717, 1.165) is 12.6 Å². The first-order valence-corrected chi connectivity index (χ1v) is 4.69. The second-order valence-corrected chi connectivity index (χ2v) is 3.52. The van der Waals surface area contributed by atoms with Crippen molar-refractivity contribution < 1.29 is 0 Å². The molecule has 0 bridgehead atoms. The van der Waals surface area contributed by atoms with Gasteiger partial charge in [0.25, 0.3) is 0 Å². The molecule has 1 saturated carbocycles. The summed E-state index contributed by atoms with van der Waals surface area (Å²) in [5, 5.41) is 3.17. The first kappa shape index (κ1) is 9.01. The van der Waals surface area contributed by atoms with Gasteiger partial charge in [0.2, 0.25) is 0 Å². The minimum atomic E-state index is 0.909. The number of rotatable bonds is 5. The van der Waals surface area contributed by atoms with E-state index in [1.807, 2.05) is 7.05 Å². The molecule has 0 aromatic carbocycles. The molecule has 0 unspecified atom stereocenters. The van der Waals surface area contributed by atoms with E-state index >= 15 is 0 Å². The third-order valence-electron chi connectivity index (χ3n) is 2.64. The molecule has 0 heterocycles. The molecule has 66 valence electrons. The van der Waals surface area contributed by atoms with Crippen molar-refractivity contribution in [2.75, 3.05) is 27.2 Å². The molecule has 1 fully saturated rings. The molecule has 0 radical (unpaired) electrons. The Balaban J connectivity index is 1.96. The molecule has 0 atom stereocenters. The molecule has 0 amide bonds. The smallest absolute Gasteiger partial charge is 0.00922 e. The second-order valence-electron chi connectivity index (χ2n) is 3.52. The van der Waals surface area contributed by atoms with Gasteiger partial charge in [-0.2, -0.15) is 0 Å². The van der Waals surface area contributed by atoms with Gasteiger partial charge < -0.3 is 10.2 Å². The van der Waals surface area contributed by atoms with Gasteiger partial charge in [0.05, 0.1) is 0 Å². The van der Waals surface area contributed by atoms with Crippen molar-refractivity contribution in [3.8, 4) is 0 Å². The highest BCUT2D eigenvalue weighted by atomic mass is 15.1. The first-order valence-electron chi connectivity index (χ1n) is 4.69. The average Bonchev–Trinajstić information content (AvgIpc) is 1.84. The van der Waals surface area contributed by atoms with Crippen LogP contribution < -0.4 is 5.32 Å². The van der Waals surface area contributed by atoms with Crippen molar-refractivity contribution in [2.24, 2.45) is 0 Å². The molecule has 2 nitrogen and oxygen atoms in total.